The fourth-order valence-electron chi connectivity index (χ4n) is 2.49. The van der Waals surface area contributed by atoms with Crippen LogP contribution in [0.1, 0.15) is 15.9 Å². The number of carbonyl (C=O) groups excluding carboxylic acids is 2. The molecule has 3 rings (SSSR count). The van der Waals surface area contributed by atoms with Gasteiger partial charge < -0.3 is 9.47 Å². The quantitative estimate of drug-likeness (QED) is 0.162. The van der Waals surface area contributed by atoms with Crippen molar-refractivity contribution in [3.05, 3.63) is 98.0 Å². The minimum absolute atomic E-state index is 0.132. The summed E-state index contributed by atoms with van der Waals surface area (Å²) in [5, 5.41) is 15.3. The minimum atomic E-state index is -0.677. The number of nitrogens with zero attached hydrogens (tertiary/aromatic N) is 2. The summed E-state index contributed by atoms with van der Waals surface area (Å²) in [5.74, 6) is -0.703. The molecule has 0 aromatic heterocycles. The molecule has 11 heteroatoms. The lowest BCUT2D eigenvalue weighted by Crippen LogP contribution is -2.24. The van der Waals surface area contributed by atoms with Crippen LogP contribution >= 0.6 is 23.2 Å². The molecular formula is C22H15Cl2N3O6. The van der Waals surface area contributed by atoms with E-state index in [-0.39, 0.29) is 29.4 Å². The molecule has 3 aromatic carbocycles. The van der Waals surface area contributed by atoms with Crippen molar-refractivity contribution in [3.63, 3.8) is 0 Å². The molecular weight excluding hydrogens is 473 g/mol. The van der Waals surface area contributed by atoms with Crippen LogP contribution in [0.3, 0.4) is 0 Å². The topological polar surface area (TPSA) is 120 Å². The maximum absolute atomic E-state index is 12.2. The van der Waals surface area contributed by atoms with Gasteiger partial charge in [-0.3, -0.25) is 14.9 Å². The molecule has 0 spiro atoms. The Morgan fingerprint density at radius 2 is 1.82 bits per heavy atom. The zero-order valence-electron chi connectivity index (χ0n) is 16.7. The number of nitro benzene ring substituents is 1. The number of amides is 1. The third-order valence-corrected chi connectivity index (χ3v) is 4.58. The molecule has 0 saturated carbocycles. The zero-order valence-corrected chi connectivity index (χ0v) is 18.2. The summed E-state index contributed by atoms with van der Waals surface area (Å²) in [6, 6.07) is 16.1. The molecule has 33 heavy (non-hydrogen) atoms. The molecule has 9 nitrogen and oxygen atoms in total. The van der Waals surface area contributed by atoms with E-state index in [1.807, 2.05) is 0 Å². The van der Waals surface area contributed by atoms with Gasteiger partial charge in [0.1, 0.15) is 11.5 Å². The first kappa shape index (κ1) is 23.7. The van der Waals surface area contributed by atoms with Crippen molar-refractivity contribution in [3.8, 4) is 11.5 Å². The predicted octanol–water partition coefficient (Wildman–Crippen LogP) is 4.65. The van der Waals surface area contributed by atoms with Gasteiger partial charge in [-0.2, -0.15) is 5.10 Å². The van der Waals surface area contributed by atoms with Crippen molar-refractivity contribution >= 4 is 47.0 Å². The lowest BCUT2D eigenvalue weighted by Gasteiger charge is -2.07. The number of hydrogen-bond donors (Lipinski definition) is 1. The van der Waals surface area contributed by atoms with Crippen LogP contribution in [0.4, 0.5) is 5.69 Å². The van der Waals surface area contributed by atoms with E-state index in [9.17, 15) is 19.7 Å². The third-order valence-electron chi connectivity index (χ3n) is 4.04. The number of ether oxygens (including phenoxy) is 2. The molecule has 1 amide bonds. The number of rotatable bonds is 8. The third kappa shape index (κ3) is 7.03. The van der Waals surface area contributed by atoms with Crippen molar-refractivity contribution < 1.29 is 24.0 Å². The number of benzene rings is 3. The zero-order chi connectivity index (χ0) is 23.8. The highest BCUT2D eigenvalue weighted by Gasteiger charge is 2.12. The number of hydrazone groups is 1. The Balaban J connectivity index is 1.53. The summed E-state index contributed by atoms with van der Waals surface area (Å²) in [5.41, 5.74) is 2.87. The summed E-state index contributed by atoms with van der Waals surface area (Å²) in [7, 11) is 0. The van der Waals surface area contributed by atoms with E-state index in [2.05, 4.69) is 10.5 Å². The van der Waals surface area contributed by atoms with Crippen molar-refractivity contribution in [2.45, 2.75) is 0 Å². The van der Waals surface area contributed by atoms with Gasteiger partial charge in [0, 0.05) is 23.2 Å². The van der Waals surface area contributed by atoms with Crippen LogP contribution in [0.25, 0.3) is 0 Å². The van der Waals surface area contributed by atoms with Crippen molar-refractivity contribution in [2.24, 2.45) is 5.10 Å². The SMILES string of the molecule is O=C(COc1cc(Cl)ccc1Cl)NN=Cc1cccc(OC(=O)c2ccc([N+](=O)[O-])cc2)c1. The number of halogens is 2. The van der Waals surface area contributed by atoms with Crippen LogP contribution in [0.2, 0.25) is 10.0 Å². The molecule has 0 fully saturated rings. The first-order valence-corrected chi connectivity index (χ1v) is 10.0. The number of carbonyl (C=O) groups is 2. The summed E-state index contributed by atoms with van der Waals surface area (Å²) in [6.45, 7) is -0.329. The Labute approximate surface area is 197 Å². The van der Waals surface area contributed by atoms with E-state index in [0.29, 0.717) is 15.6 Å². The maximum Gasteiger partial charge on any atom is 0.343 e. The molecule has 1 N–H and O–H groups in total. The number of nitrogens with one attached hydrogen (secondary N) is 1. The largest absolute Gasteiger partial charge is 0.482 e. The van der Waals surface area contributed by atoms with Crippen LogP contribution in [-0.4, -0.2) is 29.6 Å². The summed E-state index contributed by atoms with van der Waals surface area (Å²) in [6.07, 6.45) is 1.35. The van der Waals surface area contributed by atoms with Crippen LogP contribution < -0.4 is 14.9 Å². The van der Waals surface area contributed by atoms with E-state index in [4.69, 9.17) is 32.7 Å². The normalized spacial score (nSPS) is 10.6. The molecule has 0 radical (unpaired) electrons. The number of nitro groups is 1. The van der Waals surface area contributed by atoms with Gasteiger partial charge in [-0.05, 0) is 42.0 Å². The summed E-state index contributed by atoms with van der Waals surface area (Å²) >= 11 is 11.8. The predicted molar refractivity (Wildman–Crippen MR) is 122 cm³/mol. The molecule has 0 saturated heterocycles. The van der Waals surface area contributed by atoms with Gasteiger partial charge in [-0.25, -0.2) is 10.2 Å². The Kier molecular flexibility index (Phi) is 7.96. The van der Waals surface area contributed by atoms with E-state index in [1.165, 1.54) is 42.6 Å². The molecule has 3 aromatic rings. The monoisotopic (exact) mass is 487 g/mol. The second-order valence-electron chi connectivity index (χ2n) is 6.42. The highest BCUT2D eigenvalue weighted by molar-refractivity contribution is 6.34. The lowest BCUT2D eigenvalue weighted by molar-refractivity contribution is -0.384. The molecule has 0 aliphatic heterocycles. The Morgan fingerprint density at radius 3 is 2.55 bits per heavy atom. The summed E-state index contributed by atoms with van der Waals surface area (Å²) < 4.78 is 10.6. The van der Waals surface area contributed by atoms with Gasteiger partial charge in [0.15, 0.2) is 6.61 Å². The fraction of sp³-hybridized carbons (Fsp3) is 0.0455. The molecule has 0 bridgehead atoms. The Bertz CT molecular complexity index is 1220. The summed E-state index contributed by atoms with van der Waals surface area (Å²) in [4.78, 5) is 34.3. The van der Waals surface area contributed by atoms with Gasteiger partial charge in [0.05, 0.1) is 21.7 Å². The van der Waals surface area contributed by atoms with Gasteiger partial charge in [0.2, 0.25) is 0 Å². The Morgan fingerprint density at radius 1 is 1.06 bits per heavy atom. The van der Waals surface area contributed by atoms with Crippen LogP contribution in [0.5, 0.6) is 11.5 Å². The first-order chi connectivity index (χ1) is 15.8. The standard InChI is InChI=1S/C22H15Cl2N3O6/c23-16-6-9-19(24)20(11-16)32-13-21(28)26-25-12-14-2-1-3-18(10-14)33-22(29)15-4-7-17(8-5-15)27(30)31/h1-12H,13H2,(H,26,28). The maximum atomic E-state index is 12.2. The number of esters is 1. The average Bonchev–Trinajstić information content (AvgIpc) is 2.80. The van der Waals surface area contributed by atoms with Crippen molar-refractivity contribution in [1.82, 2.24) is 5.43 Å². The lowest BCUT2D eigenvalue weighted by atomic mass is 10.2. The van der Waals surface area contributed by atoms with Crippen LogP contribution in [0.15, 0.2) is 71.8 Å². The van der Waals surface area contributed by atoms with E-state index < -0.39 is 16.8 Å². The molecule has 168 valence electrons. The van der Waals surface area contributed by atoms with E-state index in [0.717, 1.165) is 0 Å². The van der Waals surface area contributed by atoms with Crippen molar-refractivity contribution in [1.29, 1.82) is 0 Å². The molecule has 0 unspecified atom stereocenters. The smallest absolute Gasteiger partial charge is 0.343 e. The average molecular weight is 488 g/mol. The minimum Gasteiger partial charge on any atom is -0.482 e. The number of non-ortho nitro benzene ring substituents is 1. The fourth-order valence-corrected chi connectivity index (χ4v) is 2.82. The number of hydrogen-bond acceptors (Lipinski definition) is 7. The van der Waals surface area contributed by atoms with E-state index >= 15 is 0 Å². The van der Waals surface area contributed by atoms with Gasteiger partial charge in [0.25, 0.3) is 11.6 Å². The van der Waals surface area contributed by atoms with Gasteiger partial charge in [-0.15, -0.1) is 0 Å². The molecule has 0 aliphatic carbocycles. The highest BCUT2D eigenvalue weighted by atomic mass is 35.5. The molecule has 0 aliphatic rings. The Hall–Kier alpha value is -3.95. The van der Waals surface area contributed by atoms with Gasteiger partial charge >= 0.3 is 5.97 Å². The molecule has 0 heterocycles. The molecule has 0 atom stereocenters. The highest BCUT2D eigenvalue weighted by Crippen LogP contribution is 2.27. The van der Waals surface area contributed by atoms with Crippen LogP contribution in [0, 0.1) is 10.1 Å². The second-order valence-corrected chi connectivity index (χ2v) is 7.27. The second kappa shape index (κ2) is 11.1. The van der Waals surface area contributed by atoms with Gasteiger partial charge in [-0.1, -0.05) is 35.3 Å². The van der Waals surface area contributed by atoms with Crippen LogP contribution in [-0.2, 0) is 4.79 Å². The first-order valence-electron chi connectivity index (χ1n) is 9.28. The van der Waals surface area contributed by atoms with Crippen molar-refractivity contribution in [2.75, 3.05) is 6.61 Å². The van der Waals surface area contributed by atoms with E-state index in [1.54, 1.807) is 30.3 Å².